The summed E-state index contributed by atoms with van der Waals surface area (Å²) in [4.78, 5) is 0. The van der Waals surface area contributed by atoms with E-state index in [4.69, 9.17) is 11.6 Å². The monoisotopic (exact) mass is 351 g/mol. The molecule has 2 rings (SSSR count). The molecule has 1 unspecified atom stereocenters. The molecule has 2 aromatic rings. The molecule has 0 bridgehead atoms. The molecule has 1 heterocycles. The summed E-state index contributed by atoms with van der Waals surface area (Å²) in [5.41, 5.74) is 1.96. The van der Waals surface area contributed by atoms with Crippen LogP contribution in [0, 0.1) is 18.6 Å². The molecule has 1 aromatic carbocycles. The minimum atomic E-state index is -0.974. The van der Waals surface area contributed by atoms with Crippen molar-refractivity contribution in [3.05, 3.63) is 51.8 Å². The van der Waals surface area contributed by atoms with Gasteiger partial charge in [-0.3, -0.25) is 4.68 Å². The van der Waals surface area contributed by atoms with Gasteiger partial charge in [-0.15, -0.1) is 12.4 Å². The summed E-state index contributed by atoms with van der Waals surface area (Å²) in [6.07, 6.45) is -0.934. The average Bonchev–Trinajstić information content (AvgIpc) is 2.68. The predicted molar refractivity (Wildman–Crippen MR) is 83.2 cm³/mol. The van der Waals surface area contributed by atoms with E-state index in [1.54, 1.807) is 11.7 Å². The van der Waals surface area contributed by atoms with Crippen molar-refractivity contribution in [3.63, 3.8) is 0 Å². The van der Waals surface area contributed by atoms with E-state index in [0.717, 1.165) is 23.4 Å². The Morgan fingerprint density at radius 2 is 2.05 bits per heavy atom. The number of nitrogens with one attached hydrogen (secondary N) is 1. The lowest BCUT2D eigenvalue weighted by Gasteiger charge is -2.12. The third-order valence-electron chi connectivity index (χ3n) is 3.24. The molecular formula is C14H17Cl2F2N3O. The topological polar surface area (TPSA) is 50.1 Å². The van der Waals surface area contributed by atoms with E-state index in [0.29, 0.717) is 17.3 Å². The second-order valence-electron chi connectivity index (χ2n) is 4.80. The van der Waals surface area contributed by atoms with Crippen LogP contribution >= 0.6 is 24.0 Å². The lowest BCUT2D eigenvalue weighted by atomic mass is 10.1. The van der Waals surface area contributed by atoms with Gasteiger partial charge >= 0.3 is 0 Å². The van der Waals surface area contributed by atoms with Crippen LogP contribution in [0.3, 0.4) is 0 Å². The number of halogens is 4. The van der Waals surface area contributed by atoms with Crippen molar-refractivity contribution < 1.29 is 13.9 Å². The van der Waals surface area contributed by atoms with Crippen LogP contribution < -0.4 is 5.32 Å². The van der Waals surface area contributed by atoms with E-state index < -0.39 is 17.7 Å². The number of hydrogen-bond donors (Lipinski definition) is 2. The third-order valence-corrected chi connectivity index (χ3v) is 3.71. The number of aliphatic hydroxyl groups is 1. The van der Waals surface area contributed by atoms with Crippen molar-refractivity contribution in [2.45, 2.75) is 19.6 Å². The highest BCUT2D eigenvalue weighted by molar-refractivity contribution is 6.30. The van der Waals surface area contributed by atoms with Gasteiger partial charge in [-0.2, -0.15) is 5.10 Å². The minimum Gasteiger partial charge on any atom is -0.387 e. The first-order valence-corrected chi connectivity index (χ1v) is 6.79. The van der Waals surface area contributed by atoms with Crippen LogP contribution in [0.15, 0.2) is 18.2 Å². The molecule has 0 saturated heterocycles. The Hall–Kier alpha value is -1.21. The van der Waals surface area contributed by atoms with Crippen LogP contribution in [0.25, 0.3) is 0 Å². The van der Waals surface area contributed by atoms with Crippen LogP contribution in [0.5, 0.6) is 0 Å². The lowest BCUT2D eigenvalue weighted by Crippen LogP contribution is -2.21. The molecule has 0 saturated carbocycles. The van der Waals surface area contributed by atoms with Gasteiger partial charge in [0.2, 0.25) is 0 Å². The number of benzene rings is 1. The number of aromatic nitrogens is 2. The van der Waals surface area contributed by atoms with Crippen molar-refractivity contribution in [2.75, 3.05) is 6.54 Å². The van der Waals surface area contributed by atoms with Gasteiger partial charge in [0.25, 0.3) is 0 Å². The molecule has 4 nitrogen and oxygen atoms in total. The third kappa shape index (κ3) is 4.16. The van der Waals surface area contributed by atoms with E-state index >= 15 is 0 Å². The van der Waals surface area contributed by atoms with Crippen LogP contribution in [-0.2, 0) is 13.6 Å². The van der Waals surface area contributed by atoms with Gasteiger partial charge in [0.05, 0.1) is 11.8 Å². The number of nitrogens with zero attached hydrogens (tertiary/aromatic N) is 2. The number of aryl methyl sites for hydroxylation is 2. The molecule has 0 fully saturated rings. The van der Waals surface area contributed by atoms with E-state index in [1.807, 2.05) is 6.92 Å². The molecular weight excluding hydrogens is 335 g/mol. The summed E-state index contributed by atoms with van der Waals surface area (Å²) in [6, 6.07) is 3.34. The molecule has 1 aromatic heterocycles. The Balaban J connectivity index is 0.00000242. The summed E-state index contributed by atoms with van der Waals surface area (Å²) in [5.74, 6) is -1.91. The van der Waals surface area contributed by atoms with Crippen molar-refractivity contribution in [2.24, 2.45) is 7.05 Å². The van der Waals surface area contributed by atoms with E-state index in [2.05, 4.69) is 10.4 Å². The van der Waals surface area contributed by atoms with Crippen LogP contribution in [0.2, 0.25) is 5.15 Å². The van der Waals surface area contributed by atoms with E-state index in [-0.39, 0.29) is 19.0 Å². The summed E-state index contributed by atoms with van der Waals surface area (Å²) in [5, 5.41) is 17.7. The first-order chi connectivity index (χ1) is 9.90. The summed E-state index contributed by atoms with van der Waals surface area (Å²) in [7, 11) is 1.75. The second kappa shape index (κ2) is 7.87. The molecule has 8 heteroatoms. The highest BCUT2D eigenvalue weighted by Gasteiger charge is 2.13. The van der Waals surface area contributed by atoms with Crippen molar-refractivity contribution >= 4 is 24.0 Å². The first-order valence-electron chi connectivity index (χ1n) is 6.42. The molecule has 0 aliphatic heterocycles. The van der Waals surface area contributed by atoms with Gasteiger partial charge in [-0.25, -0.2) is 8.78 Å². The molecule has 1 atom stereocenters. The highest BCUT2D eigenvalue weighted by atomic mass is 35.5. The Morgan fingerprint density at radius 1 is 1.36 bits per heavy atom. The van der Waals surface area contributed by atoms with Gasteiger partial charge in [-0.1, -0.05) is 17.7 Å². The number of hydrogen-bond acceptors (Lipinski definition) is 3. The fourth-order valence-corrected chi connectivity index (χ4v) is 2.29. The maximum absolute atomic E-state index is 13.1. The van der Waals surface area contributed by atoms with Crippen LogP contribution in [0.1, 0.15) is 22.9 Å². The Bertz CT molecular complexity index is 649. The maximum atomic E-state index is 13.1. The van der Waals surface area contributed by atoms with Gasteiger partial charge in [0, 0.05) is 25.7 Å². The Morgan fingerprint density at radius 3 is 2.59 bits per heavy atom. The quantitative estimate of drug-likeness (QED) is 0.870. The predicted octanol–water partition coefficient (Wildman–Crippen LogP) is 2.91. The Labute approximate surface area is 138 Å². The van der Waals surface area contributed by atoms with Gasteiger partial charge in [0.15, 0.2) is 11.6 Å². The molecule has 0 amide bonds. The molecule has 0 aliphatic rings. The lowest BCUT2D eigenvalue weighted by molar-refractivity contribution is 0.173. The average molecular weight is 352 g/mol. The molecule has 0 aliphatic carbocycles. The largest absolute Gasteiger partial charge is 0.387 e. The zero-order chi connectivity index (χ0) is 15.6. The van der Waals surface area contributed by atoms with Gasteiger partial charge in [0.1, 0.15) is 5.15 Å². The van der Waals surface area contributed by atoms with Crippen molar-refractivity contribution in [1.82, 2.24) is 15.1 Å². The molecule has 2 N–H and O–H groups in total. The highest BCUT2D eigenvalue weighted by Crippen LogP contribution is 2.19. The molecule has 0 spiro atoms. The molecule has 122 valence electrons. The standard InChI is InChI=1S/C14H16ClF2N3O.ClH/c1-8-10(14(15)20(2)19-8)6-18-7-13(21)9-3-4-11(16)12(17)5-9;/h3-5,13,18,21H,6-7H2,1-2H3;1H. The van der Waals surface area contributed by atoms with E-state index in [9.17, 15) is 13.9 Å². The summed E-state index contributed by atoms with van der Waals surface area (Å²) < 4.78 is 27.5. The van der Waals surface area contributed by atoms with Crippen molar-refractivity contribution in [1.29, 1.82) is 0 Å². The smallest absolute Gasteiger partial charge is 0.159 e. The van der Waals surface area contributed by atoms with Crippen LogP contribution in [0.4, 0.5) is 8.78 Å². The first kappa shape index (κ1) is 18.8. The van der Waals surface area contributed by atoms with Crippen LogP contribution in [-0.4, -0.2) is 21.4 Å². The zero-order valence-corrected chi connectivity index (χ0v) is 13.7. The van der Waals surface area contributed by atoms with Gasteiger partial charge in [-0.05, 0) is 24.6 Å². The normalized spacial score (nSPS) is 12.1. The summed E-state index contributed by atoms with van der Waals surface area (Å²) in [6.45, 7) is 2.46. The van der Waals surface area contributed by atoms with E-state index in [1.165, 1.54) is 6.07 Å². The SMILES string of the molecule is Cc1nn(C)c(Cl)c1CNCC(O)c1ccc(F)c(F)c1.Cl. The number of rotatable bonds is 5. The fourth-order valence-electron chi connectivity index (χ4n) is 2.05. The maximum Gasteiger partial charge on any atom is 0.159 e. The van der Waals surface area contributed by atoms with Crippen molar-refractivity contribution in [3.8, 4) is 0 Å². The minimum absolute atomic E-state index is 0. The Kier molecular flexibility index (Phi) is 6.74. The second-order valence-corrected chi connectivity index (χ2v) is 5.16. The molecule has 0 radical (unpaired) electrons. The number of aliphatic hydroxyl groups excluding tert-OH is 1. The zero-order valence-electron chi connectivity index (χ0n) is 12.1. The molecule has 22 heavy (non-hydrogen) atoms. The van der Waals surface area contributed by atoms with Gasteiger partial charge < -0.3 is 10.4 Å². The summed E-state index contributed by atoms with van der Waals surface area (Å²) >= 11 is 6.09. The fraction of sp³-hybridized carbons (Fsp3) is 0.357.